The summed E-state index contributed by atoms with van der Waals surface area (Å²) in [4.78, 5) is 59.9. The topological polar surface area (TPSA) is 122 Å². The Labute approximate surface area is 178 Å². The molecule has 160 valence electrons. The SMILES string of the molecule is CC(=O)c1ccccc1NC(=O)C(C)OC(=O)c1ccc(N2NC(=O)CCC2=O)cc1. The second-order valence-electron chi connectivity index (χ2n) is 6.95. The van der Waals surface area contributed by atoms with Gasteiger partial charge >= 0.3 is 5.97 Å². The Kier molecular flexibility index (Phi) is 6.44. The Morgan fingerprint density at radius 2 is 1.71 bits per heavy atom. The van der Waals surface area contributed by atoms with Gasteiger partial charge in [0.25, 0.3) is 5.91 Å². The van der Waals surface area contributed by atoms with Gasteiger partial charge in [-0.3, -0.25) is 24.6 Å². The van der Waals surface area contributed by atoms with Crippen molar-refractivity contribution in [2.75, 3.05) is 10.3 Å². The summed E-state index contributed by atoms with van der Waals surface area (Å²) in [7, 11) is 0. The Hall–Kier alpha value is -4.01. The van der Waals surface area contributed by atoms with Crippen LogP contribution >= 0.6 is 0 Å². The number of Topliss-reactive ketones (excluding diaryl/α,β-unsaturated/α-hetero) is 1. The third-order valence-corrected chi connectivity index (χ3v) is 4.63. The number of rotatable bonds is 6. The number of para-hydroxylation sites is 1. The van der Waals surface area contributed by atoms with Crippen molar-refractivity contribution in [2.24, 2.45) is 0 Å². The number of anilines is 2. The van der Waals surface area contributed by atoms with Crippen molar-refractivity contribution in [1.82, 2.24) is 5.43 Å². The van der Waals surface area contributed by atoms with Crippen molar-refractivity contribution >= 4 is 40.8 Å². The molecule has 3 rings (SSSR count). The van der Waals surface area contributed by atoms with Crippen LogP contribution in [0, 0.1) is 0 Å². The van der Waals surface area contributed by atoms with Gasteiger partial charge in [0.05, 0.1) is 16.9 Å². The van der Waals surface area contributed by atoms with E-state index < -0.39 is 18.0 Å². The summed E-state index contributed by atoms with van der Waals surface area (Å²) in [6.45, 7) is 2.81. The maximum absolute atomic E-state index is 12.4. The highest BCUT2D eigenvalue weighted by Crippen LogP contribution is 2.19. The maximum Gasteiger partial charge on any atom is 0.338 e. The number of benzene rings is 2. The predicted molar refractivity (Wildman–Crippen MR) is 111 cm³/mol. The van der Waals surface area contributed by atoms with Crippen LogP contribution in [-0.4, -0.2) is 35.6 Å². The molecule has 0 saturated carbocycles. The predicted octanol–water partition coefficient (Wildman–Crippen LogP) is 2.23. The van der Waals surface area contributed by atoms with Gasteiger partial charge in [-0.2, -0.15) is 0 Å². The lowest BCUT2D eigenvalue weighted by Crippen LogP contribution is -2.50. The molecule has 9 heteroatoms. The lowest BCUT2D eigenvalue weighted by Gasteiger charge is -2.27. The number of ether oxygens (including phenoxy) is 1. The van der Waals surface area contributed by atoms with Crippen molar-refractivity contribution in [3.63, 3.8) is 0 Å². The molecule has 1 fully saturated rings. The van der Waals surface area contributed by atoms with E-state index in [1.54, 1.807) is 24.3 Å². The minimum absolute atomic E-state index is 0.106. The standard InChI is InChI=1S/C22H21N3O6/c1-13(26)17-5-3-4-6-18(17)23-21(29)14(2)31-22(30)15-7-9-16(10-8-15)25-20(28)12-11-19(27)24-25/h3-10,14H,11-12H2,1-2H3,(H,23,29)(H,24,27). The summed E-state index contributed by atoms with van der Waals surface area (Å²) in [6, 6.07) is 12.4. The third kappa shape index (κ3) is 5.13. The van der Waals surface area contributed by atoms with Crippen LogP contribution in [0.1, 0.15) is 47.4 Å². The highest BCUT2D eigenvalue weighted by atomic mass is 16.5. The Balaban J connectivity index is 1.63. The van der Waals surface area contributed by atoms with Gasteiger partial charge in [0.15, 0.2) is 11.9 Å². The van der Waals surface area contributed by atoms with Crippen molar-refractivity contribution in [3.8, 4) is 0 Å². The Morgan fingerprint density at radius 1 is 1.03 bits per heavy atom. The van der Waals surface area contributed by atoms with Gasteiger partial charge in [-0.1, -0.05) is 12.1 Å². The van der Waals surface area contributed by atoms with E-state index in [0.717, 1.165) is 5.01 Å². The highest BCUT2D eigenvalue weighted by molar-refractivity contribution is 6.05. The highest BCUT2D eigenvalue weighted by Gasteiger charge is 2.25. The molecule has 0 aromatic heterocycles. The number of carbonyl (C=O) groups excluding carboxylic acids is 5. The molecule has 2 aromatic carbocycles. The monoisotopic (exact) mass is 423 g/mol. The smallest absolute Gasteiger partial charge is 0.338 e. The lowest BCUT2D eigenvalue weighted by molar-refractivity contribution is -0.130. The minimum atomic E-state index is -1.12. The van der Waals surface area contributed by atoms with Gasteiger partial charge in [-0.25, -0.2) is 9.80 Å². The molecule has 1 aliphatic rings. The number of nitrogens with zero attached hydrogens (tertiary/aromatic N) is 1. The first kappa shape index (κ1) is 21.7. The van der Waals surface area contributed by atoms with Gasteiger partial charge < -0.3 is 10.1 Å². The molecule has 1 unspecified atom stereocenters. The van der Waals surface area contributed by atoms with Crippen molar-refractivity contribution in [1.29, 1.82) is 0 Å². The summed E-state index contributed by atoms with van der Waals surface area (Å²) in [5, 5.41) is 3.72. The fraction of sp³-hybridized carbons (Fsp3) is 0.227. The number of hydrogen-bond donors (Lipinski definition) is 2. The minimum Gasteiger partial charge on any atom is -0.449 e. The molecule has 0 aliphatic carbocycles. The van der Waals surface area contributed by atoms with Crippen LogP contribution < -0.4 is 15.8 Å². The molecule has 0 bridgehead atoms. The maximum atomic E-state index is 12.4. The van der Waals surface area contributed by atoms with Gasteiger partial charge in [-0.15, -0.1) is 0 Å². The van der Waals surface area contributed by atoms with Crippen LogP contribution in [-0.2, 0) is 19.1 Å². The summed E-state index contributed by atoms with van der Waals surface area (Å²) < 4.78 is 5.21. The lowest BCUT2D eigenvalue weighted by atomic mass is 10.1. The van der Waals surface area contributed by atoms with E-state index in [-0.39, 0.29) is 36.0 Å². The number of carbonyl (C=O) groups is 5. The first-order valence-electron chi connectivity index (χ1n) is 9.60. The molecule has 0 spiro atoms. The van der Waals surface area contributed by atoms with Crippen LogP contribution in [0.25, 0.3) is 0 Å². The molecule has 9 nitrogen and oxygen atoms in total. The Bertz CT molecular complexity index is 1050. The quantitative estimate of drug-likeness (QED) is 0.543. The Morgan fingerprint density at radius 3 is 2.39 bits per heavy atom. The molecule has 0 radical (unpaired) electrons. The van der Waals surface area contributed by atoms with Crippen molar-refractivity contribution in [3.05, 3.63) is 59.7 Å². The van der Waals surface area contributed by atoms with E-state index >= 15 is 0 Å². The first-order valence-corrected chi connectivity index (χ1v) is 9.60. The van der Waals surface area contributed by atoms with E-state index in [9.17, 15) is 24.0 Å². The van der Waals surface area contributed by atoms with Crippen LogP contribution in [0.2, 0.25) is 0 Å². The normalized spacial score (nSPS) is 14.5. The summed E-state index contributed by atoms with van der Waals surface area (Å²) in [6.07, 6.45) is -0.874. The van der Waals surface area contributed by atoms with Crippen LogP contribution in [0.5, 0.6) is 0 Å². The molecular formula is C22H21N3O6. The summed E-state index contributed by atoms with van der Waals surface area (Å²) in [5.74, 6) is -2.05. The number of amides is 3. The largest absolute Gasteiger partial charge is 0.449 e. The van der Waals surface area contributed by atoms with E-state index in [0.29, 0.717) is 16.9 Å². The van der Waals surface area contributed by atoms with Crippen LogP contribution in [0.3, 0.4) is 0 Å². The van der Waals surface area contributed by atoms with Crippen molar-refractivity contribution < 1.29 is 28.7 Å². The molecule has 1 heterocycles. The number of esters is 1. The number of ketones is 1. The summed E-state index contributed by atoms with van der Waals surface area (Å²) >= 11 is 0. The zero-order valence-electron chi connectivity index (χ0n) is 17.0. The van der Waals surface area contributed by atoms with E-state index in [1.807, 2.05) is 0 Å². The fourth-order valence-electron chi connectivity index (χ4n) is 2.95. The van der Waals surface area contributed by atoms with Gasteiger partial charge in [0.1, 0.15) is 0 Å². The van der Waals surface area contributed by atoms with Gasteiger partial charge in [-0.05, 0) is 50.2 Å². The molecule has 1 saturated heterocycles. The van der Waals surface area contributed by atoms with E-state index in [1.165, 1.54) is 38.1 Å². The average molecular weight is 423 g/mol. The molecule has 3 amide bonds. The molecule has 2 aromatic rings. The average Bonchev–Trinajstić information content (AvgIpc) is 2.75. The molecule has 2 N–H and O–H groups in total. The fourth-order valence-corrected chi connectivity index (χ4v) is 2.95. The molecule has 31 heavy (non-hydrogen) atoms. The third-order valence-electron chi connectivity index (χ3n) is 4.63. The van der Waals surface area contributed by atoms with Crippen molar-refractivity contribution in [2.45, 2.75) is 32.8 Å². The summed E-state index contributed by atoms with van der Waals surface area (Å²) in [5.41, 5.74) is 3.72. The number of hydrogen-bond acceptors (Lipinski definition) is 6. The van der Waals surface area contributed by atoms with Gasteiger partial charge in [0, 0.05) is 18.4 Å². The number of hydrazine groups is 1. The zero-order chi connectivity index (χ0) is 22.5. The number of nitrogens with one attached hydrogen (secondary N) is 2. The van der Waals surface area contributed by atoms with Gasteiger partial charge in [0.2, 0.25) is 11.8 Å². The van der Waals surface area contributed by atoms with Crippen LogP contribution in [0.4, 0.5) is 11.4 Å². The molecule has 1 aliphatic heterocycles. The first-order chi connectivity index (χ1) is 14.8. The second kappa shape index (κ2) is 9.21. The van der Waals surface area contributed by atoms with Crippen LogP contribution in [0.15, 0.2) is 48.5 Å². The molecule has 1 atom stereocenters. The van der Waals surface area contributed by atoms with E-state index in [2.05, 4.69) is 10.7 Å². The van der Waals surface area contributed by atoms with E-state index in [4.69, 9.17) is 4.74 Å². The molecular weight excluding hydrogens is 402 g/mol. The zero-order valence-corrected chi connectivity index (χ0v) is 17.0. The second-order valence-corrected chi connectivity index (χ2v) is 6.95.